The highest BCUT2D eigenvalue weighted by atomic mass is 19.1. The smallest absolute Gasteiger partial charge is 0.271 e. The Morgan fingerprint density at radius 1 is 1.24 bits per heavy atom. The van der Waals surface area contributed by atoms with E-state index < -0.39 is 17.8 Å². The average Bonchev–Trinajstić information content (AvgIpc) is 3.42. The Morgan fingerprint density at radius 3 is 2.76 bits per heavy atom. The molecule has 0 saturated carbocycles. The predicted octanol–water partition coefficient (Wildman–Crippen LogP) is 2.31. The molecular weight excluding hydrogens is 443 g/mol. The summed E-state index contributed by atoms with van der Waals surface area (Å²) >= 11 is 0. The van der Waals surface area contributed by atoms with Gasteiger partial charge in [-0.15, -0.1) is 0 Å². The largest absolute Gasteiger partial charge is 0.381 e. The molecule has 3 aliphatic rings. The lowest BCUT2D eigenvalue weighted by Crippen LogP contribution is -2.46. The molecule has 178 valence electrons. The van der Waals surface area contributed by atoms with Crippen molar-refractivity contribution in [3.8, 4) is 0 Å². The molecule has 2 saturated heterocycles. The van der Waals surface area contributed by atoms with Gasteiger partial charge in [0, 0.05) is 35.9 Å². The molecule has 9 nitrogen and oxygen atoms in total. The van der Waals surface area contributed by atoms with Crippen molar-refractivity contribution in [2.75, 3.05) is 25.1 Å². The topological polar surface area (TPSA) is 113 Å². The molecular formula is C24H25FN4O5. The van der Waals surface area contributed by atoms with Crippen LogP contribution in [-0.2, 0) is 19.2 Å². The number of nitrogens with zero attached hydrogens (tertiary/aromatic N) is 1. The first kappa shape index (κ1) is 22.3. The number of amides is 3. The molecule has 1 aromatic carbocycles. The molecule has 10 heteroatoms. The fraction of sp³-hybridized carbons (Fsp3) is 0.375. The van der Waals surface area contributed by atoms with Crippen molar-refractivity contribution in [2.45, 2.75) is 38.8 Å². The van der Waals surface area contributed by atoms with E-state index in [1.54, 1.807) is 19.9 Å². The van der Waals surface area contributed by atoms with Crippen LogP contribution in [0.25, 0.3) is 11.6 Å². The third-order valence-corrected chi connectivity index (χ3v) is 6.48. The molecule has 34 heavy (non-hydrogen) atoms. The summed E-state index contributed by atoms with van der Waals surface area (Å²) in [4.78, 5) is 47.1. The number of halogens is 1. The molecule has 2 aromatic rings. The number of hydrogen-bond donors (Lipinski definition) is 3. The quantitative estimate of drug-likeness (QED) is 0.596. The van der Waals surface area contributed by atoms with Crippen molar-refractivity contribution in [3.63, 3.8) is 0 Å². The summed E-state index contributed by atoms with van der Waals surface area (Å²) in [6, 6.07) is 3.27. The first-order valence-corrected chi connectivity index (χ1v) is 11.2. The number of hydroxylamine groups is 2. The minimum atomic E-state index is -0.777. The van der Waals surface area contributed by atoms with E-state index in [0.717, 1.165) is 0 Å². The highest BCUT2D eigenvalue weighted by Gasteiger charge is 2.39. The van der Waals surface area contributed by atoms with Gasteiger partial charge in [0.2, 0.25) is 0 Å². The lowest BCUT2D eigenvalue weighted by atomic mass is 10.0. The zero-order chi connectivity index (χ0) is 24.0. The Hall–Kier alpha value is -3.50. The maximum Gasteiger partial charge on any atom is 0.271 e. The summed E-state index contributed by atoms with van der Waals surface area (Å²) in [6.07, 6.45) is 3.00. The van der Waals surface area contributed by atoms with Crippen molar-refractivity contribution in [1.82, 2.24) is 15.4 Å². The van der Waals surface area contributed by atoms with Crippen LogP contribution >= 0.6 is 0 Å². The summed E-state index contributed by atoms with van der Waals surface area (Å²) in [6.45, 7) is 4.72. The molecule has 0 aliphatic carbocycles. The van der Waals surface area contributed by atoms with Crippen molar-refractivity contribution >= 4 is 35.1 Å². The molecule has 1 aromatic heterocycles. The highest BCUT2D eigenvalue weighted by Crippen LogP contribution is 2.34. The second-order valence-electron chi connectivity index (χ2n) is 8.70. The molecule has 4 heterocycles. The molecule has 3 aliphatic heterocycles. The summed E-state index contributed by atoms with van der Waals surface area (Å²) in [7, 11) is 0. The van der Waals surface area contributed by atoms with E-state index in [2.05, 4.69) is 15.6 Å². The van der Waals surface area contributed by atoms with E-state index in [1.165, 1.54) is 23.3 Å². The number of benzene rings is 1. The van der Waals surface area contributed by atoms with Crippen molar-refractivity contribution in [3.05, 3.63) is 52.1 Å². The number of anilines is 1. The van der Waals surface area contributed by atoms with Crippen LogP contribution in [0.4, 0.5) is 10.1 Å². The second-order valence-corrected chi connectivity index (χ2v) is 8.70. The third-order valence-electron chi connectivity index (χ3n) is 6.48. The van der Waals surface area contributed by atoms with Crippen molar-refractivity contribution in [1.29, 1.82) is 0 Å². The van der Waals surface area contributed by atoms with Gasteiger partial charge in [-0.1, -0.05) is 0 Å². The average molecular weight is 468 g/mol. The number of rotatable bonds is 4. The molecule has 0 bridgehead atoms. The van der Waals surface area contributed by atoms with Crippen molar-refractivity contribution in [2.24, 2.45) is 0 Å². The minimum Gasteiger partial charge on any atom is -0.381 e. The van der Waals surface area contributed by atoms with E-state index in [-0.39, 0.29) is 24.5 Å². The van der Waals surface area contributed by atoms with Gasteiger partial charge < -0.3 is 20.4 Å². The fourth-order valence-corrected chi connectivity index (χ4v) is 4.69. The molecule has 1 atom stereocenters. The molecule has 3 N–H and O–H groups in total. The zero-order valence-electron chi connectivity index (χ0n) is 18.9. The Morgan fingerprint density at radius 2 is 2.00 bits per heavy atom. The predicted molar refractivity (Wildman–Crippen MR) is 121 cm³/mol. The maximum atomic E-state index is 13.8. The van der Waals surface area contributed by atoms with Gasteiger partial charge in [-0.3, -0.25) is 19.2 Å². The number of H-pyrrole nitrogens is 1. The van der Waals surface area contributed by atoms with Crippen LogP contribution in [0.3, 0.4) is 0 Å². The number of carbonyl (C=O) groups is 3. The first-order chi connectivity index (χ1) is 16.3. The lowest BCUT2D eigenvalue weighted by Gasteiger charge is -2.29. The van der Waals surface area contributed by atoms with Crippen LogP contribution in [0.1, 0.15) is 45.7 Å². The van der Waals surface area contributed by atoms with E-state index in [9.17, 15) is 18.8 Å². The zero-order valence-corrected chi connectivity index (χ0v) is 18.9. The number of nitrogens with one attached hydrogen (secondary N) is 3. The SMILES string of the molecule is Cc1[nH]c(C=C2C(=O)Nc3ccc(F)cc32)c(C)c1C(=O)N[C@@H]1CON(C2CCOCC2)C1=O. The van der Waals surface area contributed by atoms with E-state index in [0.29, 0.717) is 65.4 Å². The molecule has 0 unspecified atom stereocenters. The normalized spacial score (nSPS) is 21.8. The molecule has 0 spiro atoms. The Labute approximate surface area is 195 Å². The molecule has 0 radical (unpaired) electrons. The van der Waals surface area contributed by atoms with Crippen LogP contribution in [-0.4, -0.2) is 59.7 Å². The van der Waals surface area contributed by atoms with Gasteiger partial charge in [0.15, 0.2) is 0 Å². The van der Waals surface area contributed by atoms with Crippen molar-refractivity contribution < 1.29 is 28.3 Å². The number of fused-ring (bicyclic) bond motifs is 1. The van der Waals surface area contributed by atoms with E-state index >= 15 is 0 Å². The van der Waals surface area contributed by atoms with Crippen LogP contribution in [0, 0.1) is 19.7 Å². The number of ether oxygens (including phenoxy) is 1. The number of aromatic amines is 1. The summed E-state index contributed by atoms with van der Waals surface area (Å²) in [5.41, 5.74) is 3.46. The summed E-state index contributed by atoms with van der Waals surface area (Å²) in [5.74, 6) is -1.47. The molecule has 2 fully saturated rings. The van der Waals surface area contributed by atoms with E-state index in [4.69, 9.17) is 9.57 Å². The third kappa shape index (κ3) is 3.88. The fourth-order valence-electron chi connectivity index (χ4n) is 4.69. The van der Waals surface area contributed by atoms with Gasteiger partial charge in [0.1, 0.15) is 18.5 Å². The second kappa shape index (κ2) is 8.69. The number of aryl methyl sites for hydroxylation is 1. The van der Waals surface area contributed by atoms with Gasteiger partial charge in [-0.2, -0.15) is 0 Å². The van der Waals surface area contributed by atoms with Gasteiger partial charge in [0.05, 0.1) is 17.2 Å². The number of hydrogen-bond acceptors (Lipinski definition) is 5. The molecule has 5 rings (SSSR count). The van der Waals surface area contributed by atoms with Crippen LogP contribution < -0.4 is 10.6 Å². The van der Waals surface area contributed by atoms with Gasteiger partial charge in [-0.05, 0) is 56.5 Å². The standard InChI is InChI=1S/C24H25FN4O5/c1-12-19(10-17-16-9-14(25)3-4-18(16)27-22(17)30)26-13(2)21(12)23(31)28-20-11-34-29(24(20)32)15-5-7-33-8-6-15/h3-4,9-10,15,20,26H,5-8,11H2,1-2H3,(H,27,30)(H,28,31)/t20-/m1/s1. The number of carbonyl (C=O) groups excluding carboxylic acids is 3. The van der Waals surface area contributed by atoms with Crippen LogP contribution in [0.2, 0.25) is 0 Å². The summed E-state index contributed by atoms with van der Waals surface area (Å²) in [5, 5.41) is 6.86. The van der Waals surface area contributed by atoms with Gasteiger partial charge in [0.25, 0.3) is 17.7 Å². The van der Waals surface area contributed by atoms with Gasteiger partial charge in [-0.25, -0.2) is 9.45 Å². The van der Waals surface area contributed by atoms with Gasteiger partial charge >= 0.3 is 0 Å². The minimum absolute atomic E-state index is 0.0533. The summed E-state index contributed by atoms with van der Waals surface area (Å²) < 4.78 is 19.1. The monoisotopic (exact) mass is 468 g/mol. The maximum absolute atomic E-state index is 13.8. The Balaban J connectivity index is 1.35. The highest BCUT2D eigenvalue weighted by molar-refractivity contribution is 6.34. The Kier molecular flexibility index (Phi) is 5.70. The lowest BCUT2D eigenvalue weighted by molar-refractivity contribution is -0.181. The van der Waals surface area contributed by atoms with Crippen LogP contribution in [0.15, 0.2) is 18.2 Å². The van der Waals surface area contributed by atoms with Crippen LogP contribution in [0.5, 0.6) is 0 Å². The molecule has 3 amide bonds. The first-order valence-electron chi connectivity index (χ1n) is 11.2. The van der Waals surface area contributed by atoms with E-state index in [1.807, 2.05) is 0 Å². The Bertz CT molecular complexity index is 1210. The number of aromatic nitrogens is 1.